The molecule has 0 radical (unpaired) electrons. The molecule has 0 aliphatic heterocycles. The molecule has 3 atom stereocenters. The molecule has 2 fully saturated rings. The lowest BCUT2D eigenvalue weighted by molar-refractivity contribution is 0.0378. The van der Waals surface area contributed by atoms with Gasteiger partial charge in [-0.15, -0.1) is 0 Å². The molecule has 94 valence electrons. The van der Waals surface area contributed by atoms with Crippen LogP contribution in [0.3, 0.4) is 0 Å². The van der Waals surface area contributed by atoms with Gasteiger partial charge in [-0.3, -0.25) is 0 Å². The minimum absolute atomic E-state index is 0.594. The van der Waals surface area contributed by atoms with Crippen LogP contribution >= 0.6 is 0 Å². The van der Waals surface area contributed by atoms with Crippen molar-refractivity contribution in [2.24, 2.45) is 28.6 Å². The molecule has 2 aliphatic rings. The van der Waals surface area contributed by atoms with Crippen LogP contribution in [0.1, 0.15) is 73.1 Å². The van der Waals surface area contributed by atoms with Crippen molar-refractivity contribution in [1.82, 2.24) is 0 Å². The van der Waals surface area contributed by atoms with Crippen LogP contribution in [0.2, 0.25) is 0 Å². The van der Waals surface area contributed by atoms with Crippen LogP contribution in [-0.4, -0.2) is 0 Å². The van der Waals surface area contributed by atoms with E-state index in [4.69, 9.17) is 0 Å². The third-order valence-corrected chi connectivity index (χ3v) is 5.42. The maximum Gasteiger partial charge on any atom is -0.0321 e. The first-order valence-electron chi connectivity index (χ1n) is 7.30. The minimum Gasteiger partial charge on any atom is -0.0625 e. The molecule has 0 heteroatoms. The van der Waals surface area contributed by atoms with E-state index in [1.54, 1.807) is 0 Å². The van der Waals surface area contributed by atoms with Crippen molar-refractivity contribution >= 4 is 0 Å². The topological polar surface area (TPSA) is 0 Å². The molecule has 0 bridgehead atoms. The summed E-state index contributed by atoms with van der Waals surface area (Å²) in [5, 5.41) is 0. The van der Waals surface area contributed by atoms with E-state index >= 15 is 0 Å². The largest absolute Gasteiger partial charge is 0.0625 e. The molecule has 2 rings (SSSR count). The van der Waals surface area contributed by atoms with Crippen LogP contribution in [-0.2, 0) is 0 Å². The monoisotopic (exact) mass is 222 g/mol. The van der Waals surface area contributed by atoms with Gasteiger partial charge in [-0.25, -0.2) is 0 Å². The second-order valence-electron chi connectivity index (χ2n) is 8.15. The molecule has 0 N–H and O–H groups in total. The van der Waals surface area contributed by atoms with E-state index in [0.29, 0.717) is 10.8 Å². The van der Waals surface area contributed by atoms with E-state index in [0.717, 1.165) is 17.8 Å². The van der Waals surface area contributed by atoms with Gasteiger partial charge in [0.15, 0.2) is 0 Å². The molecule has 0 aromatic rings. The summed E-state index contributed by atoms with van der Waals surface area (Å²) in [6.45, 7) is 12.5. The fourth-order valence-electron chi connectivity index (χ4n) is 4.72. The van der Waals surface area contributed by atoms with Crippen molar-refractivity contribution in [3.63, 3.8) is 0 Å². The Morgan fingerprint density at radius 1 is 0.875 bits per heavy atom. The van der Waals surface area contributed by atoms with E-state index in [1.807, 2.05) is 0 Å². The van der Waals surface area contributed by atoms with E-state index in [2.05, 4.69) is 34.6 Å². The molecule has 2 aliphatic carbocycles. The quantitative estimate of drug-likeness (QED) is 0.523. The normalized spacial score (nSPS) is 42.2. The van der Waals surface area contributed by atoms with Gasteiger partial charge in [0, 0.05) is 0 Å². The van der Waals surface area contributed by atoms with Gasteiger partial charge in [0.1, 0.15) is 0 Å². The number of hydrogen-bond donors (Lipinski definition) is 0. The SMILES string of the molecule is CC1CCC2CC(C)(C)CCC2C(C)(C)C1. The predicted molar refractivity (Wildman–Crippen MR) is 71.4 cm³/mol. The standard InChI is InChI=1S/C16H30/c1-12-6-7-13-11-15(2,3)9-8-14(13)16(4,5)10-12/h12-14H,6-11H2,1-5H3. The molecule has 0 nitrogen and oxygen atoms in total. The Balaban J connectivity index is 2.17. The Labute approximate surface area is 102 Å². The fourth-order valence-corrected chi connectivity index (χ4v) is 4.72. The summed E-state index contributed by atoms with van der Waals surface area (Å²) in [4.78, 5) is 0. The molecular weight excluding hydrogens is 192 g/mol. The molecular formula is C16H30. The Bertz CT molecular complexity index is 249. The summed E-state index contributed by atoms with van der Waals surface area (Å²) in [5.41, 5.74) is 1.21. The highest BCUT2D eigenvalue weighted by molar-refractivity contribution is 4.94. The molecule has 0 heterocycles. The van der Waals surface area contributed by atoms with Crippen molar-refractivity contribution < 1.29 is 0 Å². The first-order chi connectivity index (χ1) is 7.30. The Morgan fingerprint density at radius 3 is 2.25 bits per heavy atom. The van der Waals surface area contributed by atoms with Crippen molar-refractivity contribution in [2.75, 3.05) is 0 Å². The highest BCUT2D eigenvalue weighted by Crippen LogP contribution is 2.54. The predicted octanol–water partition coefficient (Wildman–Crippen LogP) is 5.28. The highest BCUT2D eigenvalue weighted by atomic mass is 14.5. The van der Waals surface area contributed by atoms with E-state index in [1.165, 1.54) is 38.5 Å². The third-order valence-electron chi connectivity index (χ3n) is 5.42. The van der Waals surface area contributed by atoms with Crippen LogP contribution in [0.25, 0.3) is 0 Å². The molecule has 3 unspecified atom stereocenters. The second-order valence-corrected chi connectivity index (χ2v) is 8.15. The van der Waals surface area contributed by atoms with Gasteiger partial charge in [-0.1, -0.05) is 41.0 Å². The van der Waals surface area contributed by atoms with Gasteiger partial charge < -0.3 is 0 Å². The summed E-state index contributed by atoms with van der Waals surface area (Å²) >= 11 is 0. The number of hydrogen-bond acceptors (Lipinski definition) is 0. The summed E-state index contributed by atoms with van der Waals surface area (Å²) in [6, 6.07) is 0. The molecule has 16 heavy (non-hydrogen) atoms. The lowest BCUT2D eigenvalue weighted by Crippen LogP contribution is -2.37. The number of fused-ring (bicyclic) bond motifs is 1. The first-order valence-corrected chi connectivity index (χ1v) is 7.30. The van der Waals surface area contributed by atoms with Crippen LogP contribution in [0.5, 0.6) is 0 Å². The zero-order chi connectivity index (χ0) is 12.0. The fraction of sp³-hybridized carbons (Fsp3) is 1.00. The summed E-state index contributed by atoms with van der Waals surface area (Å²) in [5.74, 6) is 2.97. The summed E-state index contributed by atoms with van der Waals surface area (Å²) in [6.07, 6.45) is 8.84. The van der Waals surface area contributed by atoms with Gasteiger partial charge in [0.05, 0.1) is 0 Å². The molecule has 0 aromatic carbocycles. The van der Waals surface area contributed by atoms with Crippen molar-refractivity contribution in [1.29, 1.82) is 0 Å². The zero-order valence-corrected chi connectivity index (χ0v) is 12.0. The highest BCUT2D eigenvalue weighted by Gasteiger charge is 2.43. The lowest BCUT2D eigenvalue weighted by atomic mass is 9.59. The van der Waals surface area contributed by atoms with Crippen molar-refractivity contribution in [2.45, 2.75) is 73.1 Å². The molecule has 0 amide bonds. The Morgan fingerprint density at radius 2 is 1.56 bits per heavy atom. The van der Waals surface area contributed by atoms with Crippen molar-refractivity contribution in [3.8, 4) is 0 Å². The van der Waals surface area contributed by atoms with Gasteiger partial charge in [0.25, 0.3) is 0 Å². The average molecular weight is 222 g/mol. The molecule has 0 aromatic heterocycles. The Hall–Kier alpha value is 0. The summed E-state index contributed by atoms with van der Waals surface area (Å²) in [7, 11) is 0. The van der Waals surface area contributed by atoms with Crippen LogP contribution in [0, 0.1) is 28.6 Å². The third kappa shape index (κ3) is 2.46. The lowest BCUT2D eigenvalue weighted by Gasteiger charge is -2.46. The van der Waals surface area contributed by atoms with Crippen LogP contribution in [0.15, 0.2) is 0 Å². The maximum atomic E-state index is 2.53. The molecule has 2 saturated carbocycles. The molecule has 0 spiro atoms. The van der Waals surface area contributed by atoms with E-state index < -0.39 is 0 Å². The summed E-state index contributed by atoms with van der Waals surface area (Å²) < 4.78 is 0. The van der Waals surface area contributed by atoms with Crippen LogP contribution < -0.4 is 0 Å². The smallest absolute Gasteiger partial charge is 0.0321 e. The van der Waals surface area contributed by atoms with Gasteiger partial charge in [-0.2, -0.15) is 0 Å². The average Bonchev–Trinajstić information content (AvgIpc) is 2.21. The first kappa shape index (κ1) is 12.5. The van der Waals surface area contributed by atoms with E-state index in [-0.39, 0.29) is 0 Å². The van der Waals surface area contributed by atoms with E-state index in [9.17, 15) is 0 Å². The van der Waals surface area contributed by atoms with Crippen molar-refractivity contribution in [3.05, 3.63) is 0 Å². The van der Waals surface area contributed by atoms with Gasteiger partial charge in [0.2, 0.25) is 0 Å². The van der Waals surface area contributed by atoms with Crippen LogP contribution in [0.4, 0.5) is 0 Å². The molecule has 0 saturated heterocycles. The maximum absolute atomic E-state index is 2.53. The van der Waals surface area contributed by atoms with Gasteiger partial charge >= 0.3 is 0 Å². The minimum atomic E-state index is 0.594. The number of rotatable bonds is 0. The Kier molecular flexibility index (Phi) is 3.14. The second kappa shape index (κ2) is 4.03. The zero-order valence-electron chi connectivity index (χ0n) is 12.0. The van der Waals surface area contributed by atoms with Gasteiger partial charge in [-0.05, 0) is 60.7 Å².